The molecule has 196 valence electrons. The zero-order valence-corrected chi connectivity index (χ0v) is 22.1. The minimum absolute atomic E-state index is 0.0278. The number of nitrogens with zero attached hydrogens (tertiary/aromatic N) is 3. The maximum atomic E-state index is 14.8. The predicted octanol–water partition coefficient (Wildman–Crippen LogP) is 4.50. The molecule has 3 aromatic rings. The van der Waals surface area contributed by atoms with Crippen molar-refractivity contribution in [2.24, 2.45) is 0 Å². The average Bonchev–Trinajstić information content (AvgIpc) is 3.26. The lowest BCUT2D eigenvalue weighted by molar-refractivity contribution is 0.0285. The van der Waals surface area contributed by atoms with Crippen LogP contribution in [0, 0.1) is 11.2 Å². The number of rotatable bonds is 8. The van der Waals surface area contributed by atoms with Gasteiger partial charge in [0.25, 0.3) is 10.0 Å². The molecule has 0 atom stereocenters. The van der Waals surface area contributed by atoms with Crippen LogP contribution in [0.5, 0.6) is 0 Å². The molecule has 0 saturated carbocycles. The summed E-state index contributed by atoms with van der Waals surface area (Å²) in [7, 11) is -1.06. The highest BCUT2D eigenvalue weighted by molar-refractivity contribution is 7.90. The Kier molecular flexibility index (Phi) is 8.17. The van der Waals surface area contributed by atoms with Crippen molar-refractivity contribution in [3.8, 4) is 11.3 Å². The summed E-state index contributed by atoms with van der Waals surface area (Å²) in [6.45, 7) is 5.27. The standard InChI is InChI=1S/C26H30FN5O4S/c1-26(2,3)36-25(33)31(5)16-18-10-24(22-8-6-7-9-23(22)27)32(17-18)37(34,35)21-11-19(14-30-15-21)20(12-28)13-29-4/h6-15,17,28-29H,16H2,1-5H3/b20-13+,28-12?. The first-order valence-corrected chi connectivity index (χ1v) is 12.8. The SMILES string of the molecule is CN/C=C(\C=N)c1cncc(S(=O)(=O)n2cc(CN(C)C(=O)OC(C)(C)C)cc2-c2ccccc2F)c1. The number of benzene rings is 1. The second-order valence-electron chi connectivity index (χ2n) is 9.29. The van der Waals surface area contributed by atoms with Gasteiger partial charge in [-0.05, 0) is 50.6 Å². The van der Waals surface area contributed by atoms with Crippen molar-refractivity contribution in [1.82, 2.24) is 19.2 Å². The minimum atomic E-state index is -4.25. The second kappa shape index (κ2) is 11.0. The van der Waals surface area contributed by atoms with Gasteiger partial charge in [0.15, 0.2) is 0 Å². The number of pyridine rings is 1. The van der Waals surface area contributed by atoms with Crippen LogP contribution in [0.25, 0.3) is 16.8 Å². The van der Waals surface area contributed by atoms with E-state index in [-0.39, 0.29) is 22.7 Å². The maximum Gasteiger partial charge on any atom is 0.410 e. The van der Waals surface area contributed by atoms with Gasteiger partial charge in [-0.25, -0.2) is 21.6 Å². The molecule has 1 aromatic carbocycles. The third kappa shape index (κ3) is 6.42. The molecule has 0 bridgehead atoms. The molecule has 9 nitrogen and oxygen atoms in total. The molecule has 2 heterocycles. The van der Waals surface area contributed by atoms with E-state index in [0.717, 1.165) is 10.2 Å². The van der Waals surface area contributed by atoms with Crippen molar-refractivity contribution < 1.29 is 22.3 Å². The Bertz CT molecular complexity index is 1440. The lowest BCUT2D eigenvalue weighted by Gasteiger charge is -2.24. The number of ether oxygens (including phenoxy) is 1. The topological polar surface area (TPSA) is 117 Å². The molecular formula is C26H30FN5O4S. The molecule has 0 unspecified atom stereocenters. The molecule has 2 N–H and O–H groups in total. The van der Waals surface area contributed by atoms with E-state index in [1.165, 1.54) is 60.9 Å². The molecule has 0 aliphatic carbocycles. The highest BCUT2D eigenvalue weighted by Crippen LogP contribution is 2.30. The number of carbonyl (C=O) groups is 1. The summed E-state index contributed by atoms with van der Waals surface area (Å²) < 4.78 is 48.7. The smallest absolute Gasteiger partial charge is 0.410 e. The fourth-order valence-corrected chi connectivity index (χ4v) is 4.90. The quantitative estimate of drug-likeness (QED) is 0.417. The average molecular weight is 528 g/mol. The van der Waals surface area contributed by atoms with Crippen molar-refractivity contribution in [2.75, 3.05) is 14.1 Å². The van der Waals surface area contributed by atoms with E-state index >= 15 is 0 Å². The Hall–Kier alpha value is -3.99. The van der Waals surface area contributed by atoms with Crippen molar-refractivity contribution >= 4 is 27.9 Å². The fourth-order valence-electron chi connectivity index (χ4n) is 3.52. The van der Waals surface area contributed by atoms with Crippen molar-refractivity contribution in [3.05, 3.63) is 78.1 Å². The highest BCUT2D eigenvalue weighted by atomic mass is 32.2. The molecule has 0 fully saturated rings. The summed E-state index contributed by atoms with van der Waals surface area (Å²) in [4.78, 5) is 17.7. The van der Waals surface area contributed by atoms with E-state index in [2.05, 4.69) is 10.3 Å². The normalized spacial score (nSPS) is 12.2. The van der Waals surface area contributed by atoms with E-state index in [4.69, 9.17) is 10.1 Å². The van der Waals surface area contributed by atoms with Gasteiger partial charge >= 0.3 is 6.09 Å². The highest BCUT2D eigenvalue weighted by Gasteiger charge is 2.26. The fraction of sp³-hybridized carbons (Fsp3) is 0.269. The minimum Gasteiger partial charge on any atom is -0.444 e. The second-order valence-corrected chi connectivity index (χ2v) is 11.1. The van der Waals surface area contributed by atoms with Crippen molar-refractivity contribution in [3.63, 3.8) is 0 Å². The molecule has 37 heavy (non-hydrogen) atoms. The van der Waals surface area contributed by atoms with E-state index < -0.39 is 27.5 Å². The Balaban J connectivity index is 2.11. The Morgan fingerprint density at radius 1 is 1.24 bits per heavy atom. The molecule has 0 aliphatic rings. The summed E-state index contributed by atoms with van der Waals surface area (Å²) in [5, 5.41) is 10.4. The van der Waals surface area contributed by atoms with Gasteiger partial charge in [0.2, 0.25) is 0 Å². The number of aromatic nitrogens is 2. The number of hydrogen-bond donors (Lipinski definition) is 2. The molecule has 0 radical (unpaired) electrons. The zero-order valence-electron chi connectivity index (χ0n) is 21.3. The number of amides is 1. The van der Waals surface area contributed by atoms with Crippen LogP contribution in [0.2, 0.25) is 0 Å². The van der Waals surface area contributed by atoms with Gasteiger partial charge in [-0.15, -0.1) is 0 Å². The van der Waals surface area contributed by atoms with E-state index in [9.17, 15) is 17.6 Å². The number of hydrogen-bond acceptors (Lipinski definition) is 7. The van der Waals surface area contributed by atoms with Crippen LogP contribution in [0.15, 0.2) is 66.1 Å². The van der Waals surface area contributed by atoms with Gasteiger partial charge in [-0.1, -0.05) is 12.1 Å². The molecule has 1 amide bonds. The maximum absolute atomic E-state index is 14.8. The molecule has 0 spiro atoms. The monoisotopic (exact) mass is 527 g/mol. The Labute approximate surface area is 216 Å². The lowest BCUT2D eigenvalue weighted by atomic mass is 10.1. The molecule has 3 rings (SSSR count). The largest absolute Gasteiger partial charge is 0.444 e. The Morgan fingerprint density at radius 3 is 2.57 bits per heavy atom. The van der Waals surface area contributed by atoms with Crippen LogP contribution in [0.3, 0.4) is 0 Å². The van der Waals surface area contributed by atoms with E-state index in [1.807, 2.05) is 0 Å². The van der Waals surface area contributed by atoms with Crippen molar-refractivity contribution in [2.45, 2.75) is 37.8 Å². The zero-order chi connectivity index (χ0) is 27.4. The van der Waals surface area contributed by atoms with Gasteiger partial charge in [-0.2, -0.15) is 0 Å². The third-order valence-electron chi connectivity index (χ3n) is 5.18. The molecule has 0 saturated heterocycles. The number of halogens is 1. The third-order valence-corrected chi connectivity index (χ3v) is 6.81. The predicted molar refractivity (Wildman–Crippen MR) is 140 cm³/mol. The summed E-state index contributed by atoms with van der Waals surface area (Å²) in [5.74, 6) is -0.598. The Morgan fingerprint density at radius 2 is 1.95 bits per heavy atom. The van der Waals surface area contributed by atoms with Crippen LogP contribution in [-0.2, 0) is 21.3 Å². The van der Waals surface area contributed by atoms with E-state index in [0.29, 0.717) is 16.7 Å². The number of carbonyl (C=O) groups excluding carboxylic acids is 1. The number of nitrogens with one attached hydrogen (secondary N) is 2. The first-order chi connectivity index (χ1) is 17.4. The summed E-state index contributed by atoms with van der Waals surface area (Å²) in [6, 6.07) is 8.77. The molecule has 0 aliphatic heterocycles. The lowest BCUT2D eigenvalue weighted by Crippen LogP contribution is -2.33. The summed E-state index contributed by atoms with van der Waals surface area (Å²) >= 11 is 0. The van der Waals surface area contributed by atoms with Crippen LogP contribution in [-0.4, -0.2) is 54.3 Å². The van der Waals surface area contributed by atoms with Gasteiger partial charge in [0.05, 0.1) is 12.2 Å². The van der Waals surface area contributed by atoms with Gasteiger partial charge in [0.1, 0.15) is 16.3 Å². The van der Waals surface area contributed by atoms with Gasteiger partial charge in [0, 0.05) is 61.8 Å². The first-order valence-electron chi connectivity index (χ1n) is 11.4. The summed E-state index contributed by atoms with van der Waals surface area (Å²) in [6.07, 6.45) is 6.04. The van der Waals surface area contributed by atoms with Gasteiger partial charge in [-0.3, -0.25) is 4.98 Å². The van der Waals surface area contributed by atoms with Crippen molar-refractivity contribution in [1.29, 1.82) is 5.41 Å². The van der Waals surface area contributed by atoms with E-state index in [1.54, 1.807) is 40.1 Å². The van der Waals surface area contributed by atoms with Crippen LogP contribution < -0.4 is 5.32 Å². The van der Waals surface area contributed by atoms with Crippen LogP contribution in [0.1, 0.15) is 31.9 Å². The summed E-state index contributed by atoms with van der Waals surface area (Å²) in [5.41, 5.74) is 0.761. The number of allylic oxidation sites excluding steroid dienone is 1. The van der Waals surface area contributed by atoms with Gasteiger partial charge < -0.3 is 20.4 Å². The molecule has 11 heteroatoms. The van der Waals surface area contributed by atoms with Crippen LogP contribution >= 0.6 is 0 Å². The first kappa shape index (κ1) is 27.6. The molecular weight excluding hydrogens is 497 g/mol. The molecule has 2 aromatic heterocycles. The van der Waals surface area contributed by atoms with Crippen LogP contribution in [0.4, 0.5) is 9.18 Å².